The lowest BCUT2D eigenvalue weighted by Gasteiger charge is -2.25. The van der Waals surface area contributed by atoms with Crippen molar-refractivity contribution in [3.05, 3.63) is 85.6 Å². The average molecular weight is 729 g/mol. The Morgan fingerprint density at radius 1 is 1.19 bits per heavy atom. The standard InChI is InChI=1S/C26H25I2N3O4S/c1-6-35-25(33)21-14(2)29-26-31(22(21)16-7-9-17(10-8-16)30(3)4)24(32)20(36-26)13-15-11-18(27)23(34-5)19(28)12-15/h7-13,22H,6H2,1-5H3/b20-13-. The number of thiazole rings is 1. The number of hydrogen-bond acceptors (Lipinski definition) is 7. The molecule has 0 radical (unpaired) electrons. The van der Waals surface area contributed by atoms with Gasteiger partial charge in [0, 0.05) is 19.8 Å². The summed E-state index contributed by atoms with van der Waals surface area (Å²) in [5.41, 5.74) is 3.46. The van der Waals surface area contributed by atoms with Crippen LogP contribution in [0.15, 0.2) is 57.5 Å². The molecule has 10 heteroatoms. The number of fused-ring (bicyclic) bond motifs is 1. The molecule has 2 aromatic carbocycles. The number of allylic oxidation sites excluding steroid dienone is 1. The molecule has 1 aliphatic rings. The van der Waals surface area contributed by atoms with Crippen LogP contribution in [0.25, 0.3) is 6.08 Å². The Morgan fingerprint density at radius 3 is 2.39 bits per heavy atom. The molecule has 0 amide bonds. The van der Waals surface area contributed by atoms with Crippen LogP contribution >= 0.6 is 56.5 Å². The number of aromatic nitrogens is 1. The summed E-state index contributed by atoms with van der Waals surface area (Å²) in [6.45, 7) is 3.79. The van der Waals surface area contributed by atoms with Gasteiger partial charge in [-0.3, -0.25) is 9.36 Å². The maximum atomic E-state index is 13.8. The first-order valence-electron chi connectivity index (χ1n) is 11.2. The minimum absolute atomic E-state index is 0.199. The van der Waals surface area contributed by atoms with Crippen LogP contribution in [0.3, 0.4) is 0 Å². The van der Waals surface area contributed by atoms with E-state index in [1.165, 1.54) is 11.3 Å². The van der Waals surface area contributed by atoms with Gasteiger partial charge in [-0.15, -0.1) is 0 Å². The van der Waals surface area contributed by atoms with Crippen molar-refractivity contribution in [1.82, 2.24) is 4.57 Å². The van der Waals surface area contributed by atoms with E-state index in [2.05, 4.69) is 50.2 Å². The molecule has 188 valence electrons. The normalized spacial score (nSPS) is 15.4. The molecule has 0 fully saturated rings. The number of carbonyl (C=O) groups excluding carboxylic acids is 1. The molecule has 1 aromatic heterocycles. The number of ether oxygens (including phenoxy) is 2. The number of rotatable bonds is 6. The Morgan fingerprint density at radius 2 is 1.83 bits per heavy atom. The molecule has 4 rings (SSSR count). The predicted octanol–water partition coefficient (Wildman–Crippen LogP) is 4.08. The number of carbonyl (C=O) groups is 1. The van der Waals surface area contributed by atoms with Crippen LogP contribution in [-0.4, -0.2) is 38.3 Å². The average Bonchev–Trinajstić information content (AvgIpc) is 3.12. The Bertz CT molecular complexity index is 1520. The summed E-state index contributed by atoms with van der Waals surface area (Å²) in [5, 5.41) is 0. The summed E-state index contributed by atoms with van der Waals surface area (Å²) in [5.74, 6) is 0.347. The van der Waals surface area contributed by atoms with Gasteiger partial charge in [-0.1, -0.05) is 23.5 Å². The molecule has 0 saturated carbocycles. The number of methoxy groups -OCH3 is 1. The van der Waals surface area contributed by atoms with Gasteiger partial charge in [-0.05, 0) is 100 Å². The Kier molecular flexibility index (Phi) is 8.25. The van der Waals surface area contributed by atoms with Crippen LogP contribution < -0.4 is 24.5 Å². The van der Waals surface area contributed by atoms with Gasteiger partial charge in [0.25, 0.3) is 5.56 Å². The molecule has 2 heterocycles. The topological polar surface area (TPSA) is 73.1 Å². The van der Waals surface area contributed by atoms with Gasteiger partial charge in [-0.2, -0.15) is 0 Å². The van der Waals surface area contributed by atoms with Crippen molar-refractivity contribution in [2.24, 2.45) is 4.99 Å². The molecular formula is C26H25I2N3O4S. The first-order chi connectivity index (χ1) is 17.2. The van der Waals surface area contributed by atoms with Crippen molar-refractivity contribution >= 4 is 74.3 Å². The van der Waals surface area contributed by atoms with Crippen LogP contribution in [0.2, 0.25) is 0 Å². The zero-order chi connectivity index (χ0) is 26.1. The number of benzene rings is 2. The minimum atomic E-state index is -0.630. The number of esters is 1. The molecule has 0 aliphatic carbocycles. The van der Waals surface area contributed by atoms with E-state index in [9.17, 15) is 9.59 Å². The highest BCUT2D eigenvalue weighted by atomic mass is 127. The smallest absolute Gasteiger partial charge is 0.338 e. The SMILES string of the molecule is CCOC(=O)C1=C(C)N=c2s/c(=C\c3cc(I)c(OC)c(I)c3)c(=O)n2C1c1ccc(N(C)C)cc1. The molecule has 3 aromatic rings. The van der Waals surface area contributed by atoms with Gasteiger partial charge in [0.05, 0.1) is 42.7 Å². The Hall–Kier alpha value is -2.19. The molecular weight excluding hydrogens is 704 g/mol. The lowest BCUT2D eigenvalue weighted by Crippen LogP contribution is -2.39. The quantitative estimate of drug-likeness (QED) is 0.283. The van der Waals surface area contributed by atoms with Crippen molar-refractivity contribution in [2.75, 3.05) is 32.7 Å². The summed E-state index contributed by atoms with van der Waals surface area (Å²) >= 11 is 5.77. The van der Waals surface area contributed by atoms with Gasteiger partial charge < -0.3 is 14.4 Å². The van der Waals surface area contributed by atoms with Gasteiger partial charge in [0.15, 0.2) is 4.80 Å². The molecule has 1 unspecified atom stereocenters. The number of anilines is 1. The van der Waals surface area contributed by atoms with Crippen molar-refractivity contribution in [3.63, 3.8) is 0 Å². The van der Waals surface area contributed by atoms with E-state index >= 15 is 0 Å². The lowest BCUT2D eigenvalue weighted by molar-refractivity contribution is -0.139. The number of hydrogen-bond donors (Lipinski definition) is 0. The third kappa shape index (κ3) is 5.12. The molecule has 36 heavy (non-hydrogen) atoms. The van der Waals surface area contributed by atoms with Gasteiger partial charge >= 0.3 is 5.97 Å². The van der Waals surface area contributed by atoms with Gasteiger partial charge in [-0.25, -0.2) is 9.79 Å². The monoisotopic (exact) mass is 729 g/mol. The zero-order valence-electron chi connectivity index (χ0n) is 20.5. The maximum Gasteiger partial charge on any atom is 0.338 e. The first kappa shape index (κ1) is 26.9. The first-order valence-corrected chi connectivity index (χ1v) is 14.1. The molecule has 1 atom stereocenters. The third-order valence-corrected chi connectivity index (χ3v) is 8.35. The van der Waals surface area contributed by atoms with Crippen molar-refractivity contribution in [1.29, 1.82) is 0 Å². The molecule has 0 spiro atoms. The second-order valence-corrected chi connectivity index (χ2v) is 11.6. The van der Waals surface area contributed by atoms with E-state index in [-0.39, 0.29) is 12.2 Å². The lowest BCUT2D eigenvalue weighted by atomic mass is 9.95. The fraction of sp³-hybridized carbons (Fsp3) is 0.269. The fourth-order valence-corrected chi connectivity index (χ4v) is 7.37. The second kappa shape index (κ2) is 11.1. The molecule has 7 nitrogen and oxygen atoms in total. The highest BCUT2D eigenvalue weighted by molar-refractivity contribution is 14.1. The second-order valence-electron chi connectivity index (χ2n) is 8.31. The Balaban J connectivity index is 1.93. The molecule has 1 aliphatic heterocycles. The zero-order valence-corrected chi connectivity index (χ0v) is 25.6. The molecule has 0 N–H and O–H groups in total. The van der Waals surface area contributed by atoms with E-state index < -0.39 is 12.0 Å². The Labute approximate surface area is 240 Å². The summed E-state index contributed by atoms with van der Waals surface area (Å²) in [4.78, 5) is 34.0. The van der Waals surface area contributed by atoms with Crippen molar-refractivity contribution < 1.29 is 14.3 Å². The third-order valence-electron chi connectivity index (χ3n) is 5.76. The largest absolute Gasteiger partial charge is 0.495 e. The van der Waals surface area contributed by atoms with Gasteiger partial charge in [0.2, 0.25) is 0 Å². The van der Waals surface area contributed by atoms with E-state index in [0.29, 0.717) is 20.6 Å². The van der Waals surface area contributed by atoms with Crippen LogP contribution in [0.1, 0.15) is 31.0 Å². The van der Waals surface area contributed by atoms with Crippen molar-refractivity contribution in [2.45, 2.75) is 19.9 Å². The van der Waals surface area contributed by atoms with E-state index in [1.54, 1.807) is 25.5 Å². The molecule has 0 saturated heterocycles. The van der Waals surface area contributed by atoms with Crippen molar-refractivity contribution in [3.8, 4) is 5.75 Å². The minimum Gasteiger partial charge on any atom is -0.495 e. The maximum absolute atomic E-state index is 13.8. The summed E-state index contributed by atoms with van der Waals surface area (Å²) in [7, 11) is 5.58. The number of halogens is 2. The van der Waals surface area contributed by atoms with Crippen LogP contribution in [0, 0.1) is 7.14 Å². The van der Waals surface area contributed by atoms with Crippen LogP contribution in [0.4, 0.5) is 5.69 Å². The predicted molar refractivity (Wildman–Crippen MR) is 160 cm³/mol. The molecule has 0 bridgehead atoms. The van der Waals surface area contributed by atoms with Crippen LogP contribution in [-0.2, 0) is 9.53 Å². The highest BCUT2D eigenvalue weighted by Gasteiger charge is 2.33. The summed E-state index contributed by atoms with van der Waals surface area (Å²) in [6, 6.07) is 11.2. The van der Waals surface area contributed by atoms with E-state index in [4.69, 9.17) is 9.47 Å². The summed E-state index contributed by atoms with van der Waals surface area (Å²) < 4.78 is 14.9. The van der Waals surface area contributed by atoms with Crippen LogP contribution in [0.5, 0.6) is 5.75 Å². The highest BCUT2D eigenvalue weighted by Crippen LogP contribution is 2.32. The number of nitrogens with zero attached hydrogens (tertiary/aromatic N) is 3. The summed E-state index contributed by atoms with van der Waals surface area (Å²) in [6.07, 6.45) is 1.86. The van der Waals surface area contributed by atoms with E-state index in [0.717, 1.165) is 29.7 Å². The van der Waals surface area contributed by atoms with E-state index in [1.807, 2.05) is 61.5 Å². The fourth-order valence-electron chi connectivity index (χ4n) is 4.07. The van der Waals surface area contributed by atoms with Gasteiger partial charge in [0.1, 0.15) is 5.75 Å².